The second-order valence-corrected chi connectivity index (χ2v) is 5.65. The Bertz CT molecular complexity index is 866. The van der Waals surface area contributed by atoms with Crippen molar-refractivity contribution in [2.75, 3.05) is 21.0 Å². The molecule has 1 aliphatic heterocycles. The topological polar surface area (TPSA) is 54.0 Å². The van der Waals surface area contributed by atoms with E-state index >= 15 is 0 Å². The summed E-state index contributed by atoms with van der Waals surface area (Å²) >= 11 is 0. The van der Waals surface area contributed by atoms with Gasteiger partial charge in [0.1, 0.15) is 11.5 Å². The van der Waals surface area contributed by atoms with Crippen LogP contribution in [0.5, 0.6) is 23.0 Å². The van der Waals surface area contributed by atoms with Crippen LogP contribution in [0.1, 0.15) is 21.5 Å². The largest absolute Gasteiger partial charge is 0.497 e. The maximum absolute atomic E-state index is 12.7. The van der Waals surface area contributed by atoms with E-state index < -0.39 is 0 Å². The first kappa shape index (κ1) is 14.6. The lowest BCUT2D eigenvalue weighted by atomic mass is 10.1. The third kappa shape index (κ3) is 2.29. The number of rotatable bonds is 3. The first-order valence-corrected chi connectivity index (χ1v) is 7.59. The molecule has 0 N–H and O–H groups in total. The van der Waals surface area contributed by atoms with Crippen LogP contribution in [0.4, 0.5) is 0 Å². The van der Waals surface area contributed by atoms with Gasteiger partial charge in [0, 0.05) is 23.1 Å². The zero-order valence-corrected chi connectivity index (χ0v) is 13.4. The Balaban J connectivity index is 1.74. The van der Waals surface area contributed by atoms with E-state index in [4.69, 9.17) is 18.9 Å². The van der Waals surface area contributed by atoms with Gasteiger partial charge in [0.15, 0.2) is 17.3 Å². The lowest BCUT2D eigenvalue weighted by Crippen LogP contribution is -1.97. The zero-order chi connectivity index (χ0) is 16.7. The summed E-state index contributed by atoms with van der Waals surface area (Å²) in [5.41, 5.74) is 3.15. The maximum atomic E-state index is 12.7. The number of fused-ring (bicyclic) bond motifs is 2. The molecule has 1 heterocycles. The molecule has 0 saturated carbocycles. The lowest BCUT2D eigenvalue weighted by Gasteiger charge is -2.08. The molecule has 0 fully saturated rings. The van der Waals surface area contributed by atoms with Gasteiger partial charge in [-0.15, -0.1) is 0 Å². The summed E-state index contributed by atoms with van der Waals surface area (Å²) in [7, 11) is 3.21. The minimum atomic E-state index is 0.00757. The summed E-state index contributed by atoms with van der Waals surface area (Å²) in [5, 5.41) is 0. The number of carbonyl (C=O) groups is 1. The van der Waals surface area contributed by atoms with Gasteiger partial charge >= 0.3 is 0 Å². The number of hydrogen-bond donors (Lipinski definition) is 0. The molecule has 122 valence electrons. The third-order valence-electron chi connectivity index (χ3n) is 4.28. The van der Waals surface area contributed by atoms with Gasteiger partial charge < -0.3 is 18.9 Å². The predicted octanol–water partition coefficient (Wildman–Crippen LogP) is 3.25. The van der Waals surface area contributed by atoms with Gasteiger partial charge in [-0.1, -0.05) is 0 Å². The first-order valence-electron chi connectivity index (χ1n) is 7.59. The highest BCUT2D eigenvalue weighted by molar-refractivity contribution is 6.16. The summed E-state index contributed by atoms with van der Waals surface area (Å²) in [5.74, 6) is 2.74. The highest BCUT2D eigenvalue weighted by Gasteiger charge is 2.29. The third-order valence-corrected chi connectivity index (χ3v) is 4.28. The molecule has 24 heavy (non-hydrogen) atoms. The number of ketones is 1. The van der Waals surface area contributed by atoms with Crippen molar-refractivity contribution < 1.29 is 23.7 Å². The number of ether oxygens (including phenoxy) is 4. The van der Waals surface area contributed by atoms with Gasteiger partial charge in [0.05, 0.1) is 14.2 Å². The van der Waals surface area contributed by atoms with E-state index in [0.717, 1.165) is 11.1 Å². The number of methoxy groups -OCH3 is 2. The molecule has 0 spiro atoms. The highest BCUT2D eigenvalue weighted by Crippen LogP contribution is 2.40. The second-order valence-electron chi connectivity index (χ2n) is 5.65. The summed E-state index contributed by atoms with van der Waals surface area (Å²) in [6, 6.07) is 9.16. The van der Waals surface area contributed by atoms with Crippen LogP contribution >= 0.6 is 0 Å². The molecule has 4 rings (SSSR count). The molecule has 2 aromatic rings. The van der Waals surface area contributed by atoms with Crippen LogP contribution in [-0.4, -0.2) is 26.8 Å². The Labute approximate surface area is 139 Å². The van der Waals surface area contributed by atoms with E-state index in [-0.39, 0.29) is 12.6 Å². The first-order chi connectivity index (χ1) is 11.7. The molecule has 0 bridgehead atoms. The Kier molecular flexibility index (Phi) is 3.41. The SMILES string of the molecule is COc1ccc(OC)c(/C=C2\Cc3cc4c(cc3C2=O)OCO4)c1. The Hall–Kier alpha value is -2.95. The smallest absolute Gasteiger partial charge is 0.231 e. The molecule has 0 radical (unpaired) electrons. The molecule has 0 atom stereocenters. The second kappa shape index (κ2) is 5.60. The van der Waals surface area contributed by atoms with Crippen molar-refractivity contribution in [1.82, 2.24) is 0 Å². The number of benzene rings is 2. The molecule has 0 saturated heterocycles. The van der Waals surface area contributed by atoms with E-state index in [1.54, 1.807) is 20.3 Å². The maximum Gasteiger partial charge on any atom is 0.231 e. The van der Waals surface area contributed by atoms with Crippen molar-refractivity contribution in [2.45, 2.75) is 6.42 Å². The van der Waals surface area contributed by atoms with Crippen LogP contribution in [0.2, 0.25) is 0 Å². The van der Waals surface area contributed by atoms with E-state index in [1.807, 2.05) is 30.3 Å². The van der Waals surface area contributed by atoms with Crippen LogP contribution in [0.3, 0.4) is 0 Å². The standard InChI is InChI=1S/C19H16O5/c1-21-14-3-4-16(22-2)12(7-14)6-13-5-11-8-17-18(24-10-23-17)9-15(11)19(13)20/h3-4,6-9H,5,10H2,1-2H3/b13-6+. The molecule has 0 unspecified atom stereocenters. The average Bonchev–Trinajstić information content (AvgIpc) is 3.17. The van der Waals surface area contributed by atoms with Gasteiger partial charge in [-0.3, -0.25) is 4.79 Å². The van der Waals surface area contributed by atoms with E-state index in [9.17, 15) is 4.79 Å². The molecular formula is C19H16O5. The quantitative estimate of drug-likeness (QED) is 0.811. The fourth-order valence-corrected chi connectivity index (χ4v) is 3.06. The average molecular weight is 324 g/mol. The van der Waals surface area contributed by atoms with Crippen LogP contribution in [-0.2, 0) is 6.42 Å². The number of allylic oxidation sites excluding steroid dienone is 1. The van der Waals surface area contributed by atoms with Crippen molar-refractivity contribution in [3.05, 3.63) is 52.6 Å². The zero-order valence-electron chi connectivity index (χ0n) is 13.4. The van der Waals surface area contributed by atoms with Gasteiger partial charge in [-0.05, 0) is 42.0 Å². The van der Waals surface area contributed by atoms with E-state index in [1.165, 1.54) is 0 Å². The minimum Gasteiger partial charge on any atom is -0.497 e. The molecule has 5 heteroatoms. The normalized spacial score (nSPS) is 16.4. The molecule has 5 nitrogen and oxygen atoms in total. The van der Waals surface area contributed by atoms with Gasteiger partial charge in [-0.2, -0.15) is 0 Å². The Morgan fingerprint density at radius 2 is 1.83 bits per heavy atom. The molecule has 2 aromatic carbocycles. The molecule has 0 amide bonds. The fourth-order valence-electron chi connectivity index (χ4n) is 3.06. The molecule has 0 aromatic heterocycles. The molecular weight excluding hydrogens is 308 g/mol. The van der Waals surface area contributed by atoms with E-state index in [0.29, 0.717) is 40.6 Å². The van der Waals surface area contributed by atoms with E-state index in [2.05, 4.69) is 0 Å². The summed E-state index contributed by atoms with van der Waals surface area (Å²) in [6.45, 7) is 0.204. The molecule has 1 aliphatic carbocycles. The minimum absolute atomic E-state index is 0.00757. The fraction of sp³-hybridized carbons (Fsp3) is 0.211. The summed E-state index contributed by atoms with van der Waals surface area (Å²) in [4.78, 5) is 12.7. The number of carbonyl (C=O) groups excluding carboxylic acids is 1. The Morgan fingerprint density at radius 1 is 1.04 bits per heavy atom. The predicted molar refractivity (Wildman–Crippen MR) is 88.1 cm³/mol. The van der Waals surface area contributed by atoms with Gasteiger partial charge in [0.25, 0.3) is 0 Å². The summed E-state index contributed by atoms with van der Waals surface area (Å²) < 4.78 is 21.4. The van der Waals surface area contributed by atoms with Crippen molar-refractivity contribution in [3.63, 3.8) is 0 Å². The van der Waals surface area contributed by atoms with Crippen LogP contribution in [0.15, 0.2) is 35.9 Å². The van der Waals surface area contributed by atoms with Crippen molar-refractivity contribution in [3.8, 4) is 23.0 Å². The van der Waals surface area contributed by atoms with Crippen molar-refractivity contribution in [2.24, 2.45) is 0 Å². The van der Waals surface area contributed by atoms with Gasteiger partial charge in [0.2, 0.25) is 6.79 Å². The Morgan fingerprint density at radius 3 is 2.58 bits per heavy atom. The van der Waals surface area contributed by atoms with Gasteiger partial charge in [-0.25, -0.2) is 0 Å². The molecule has 2 aliphatic rings. The van der Waals surface area contributed by atoms with Crippen LogP contribution in [0.25, 0.3) is 6.08 Å². The number of Topliss-reactive ketones (excluding diaryl/α,β-unsaturated/α-hetero) is 1. The van der Waals surface area contributed by atoms with Crippen LogP contribution in [0, 0.1) is 0 Å². The van der Waals surface area contributed by atoms with Crippen molar-refractivity contribution in [1.29, 1.82) is 0 Å². The highest BCUT2D eigenvalue weighted by atomic mass is 16.7. The van der Waals surface area contributed by atoms with Crippen molar-refractivity contribution >= 4 is 11.9 Å². The monoisotopic (exact) mass is 324 g/mol. The summed E-state index contributed by atoms with van der Waals surface area (Å²) in [6.07, 6.45) is 2.42. The van der Waals surface area contributed by atoms with Crippen LogP contribution < -0.4 is 18.9 Å². The lowest BCUT2D eigenvalue weighted by molar-refractivity contribution is 0.104. The number of hydrogen-bond acceptors (Lipinski definition) is 5.